The van der Waals surface area contributed by atoms with Crippen molar-refractivity contribution < 1.29 is 18.7 Å². The number of carbonyl (C=O) groups excluding carboxylic acids is 1. The topological polar surface area (TPSA) is 69.0 Å². The first-order valence-corrected chi connectivity index (χ1v) is 8.30. The predicted octanol–water partition coefficient (Wildman–Crippen LogP) is 2.71. The van der Waals surface area contributed by atoms with Crippen LogP contribution >= 0.6 is 0 Å². The highest BCUT2D eigenvalue weighted by Gasteiger charge is 2.22. The molecule has 132 valence electrons. The van der Waals surface area contributed by atoms with Crippen LogP contribution in [0.3, 0.4) is 0 Å². The number of anilines is 1. The van der Waals surface area contributed by atoms with Crippen molar-refractivity contribution in [3.05, 3.63) is 52.4 Å². The van der Waals surface area contributed by atoms with Gasteiger partial charge in [0.15, 0.2) is 5.43 Å². The van der Waals surface area contributed by atoms with E-state index in [9.17, 15) is 9.59 Å². The molecular weight excluding hydrogens is 322 g/mol. The summed E-state index contributed by atoms with van der Waals surface area (Å²) in [6, 6.07) is 9.10. The Bertz CT molecular complexity index is 796. The highest BCUT2D eigenvalue weighted by molar-refractivity contribution is 5.89. The van der Waals surface area contributed by atoms with Crippen molar-refractivity contribution in [1.29, 1.82) is 0 Å². The Morgan fingerprint density at radius 3 is 2.68 bits per heavy atom. The Morgan fingerprint density at radius 2 is 2.08 bits per heavy atom. The number of esters is 1. The van der Waals surface area contributed by atoms with Crippen LogP contribution in [0.4, 0.5) is 5.69 Å². The van der Waals surface area contributed by atoms with Crippen LogP contribution in [0.15, 0.2) is 45.8 Å². The molecule has 0 amide bonds. The van der Waals surface area contributed by atoms with Crippen molar-refractivity contribution in [1.82, 2.24) is 0 Å². The third kappa shape index (κ3) is 3.74. The summed E-state index contributed by atoms with van der Waals surface area (Å²) in [5, 5.41) is 0. The number of carbonyl (C=O) groups is 1. The molecule has 1 aromatic heterocycles. The molecule has 25 heavy (non-hydrogen) atoms. The molecule has 3 rings (SSSR count). The molecule has 1 aliphatic heterocycles. The van der Waals surface area contributed by atoms with Gasteiger partial charge in [0.2, 0.25) is 0 Å². The van der Waals surface area contributed by atoms with Crippen molar-refractivity contribution in [3.63, 3.8) is 0 Å². The van der Waals surface area contributed by atoms with Gasteiger partial charge in [-0.05, 0) is 37.6 Å². The lowest BCUT2D eigenvalue weighted by Crippen LogP contribution is -2.21. The predicted molar refractivity (Wildman–Crippen MR) is 94.0 cm³/mol. The van der Waals surface area contributed by atoms with Crippen molar-refractivity contribution >= 4 is 11.7 Å². The minimum absolute atomic E-state index is 0.0927. The number of methoxy groups -OCH3 is 1. The molecule has 1 aromatic carbocycles. The summed E-state index contributed by atoms with van der Waals surface area (Å²) in [4.78, 5) is 26.0. The molecule has 6 nitrogen and oxygen atoms in total. The zero-order valence-corrected chi connectivity index (χ0v) is 14.4. The quantitative estimate of drug-likeness (QED) is 0.778. The summed E-state index contributed by atoms with van der Waals surface area (Å²) < 4.78 is 15.7. The fraction of sp³-hybridized carbons (Fsp3) is 0.368. The maximum absolute atomic E-state index is 12.1. The van der Waals surface area contributed by atoms with Crippen LogP contribution < -0.4 is 10.3 Å². The summed E-state index contributed by atoms with van der Waals surface area (Å²) in [6.45, 7) is 3.73. The molecule has 0 bridgehead atoms. The van der Waals surface area contributed by atoms with Gasteiger partial charge in [0, 0.05) is 37.5 Å². The first kappa shape index (κ1) is 17.2. The van der Waals surface area contributed by atoms with Gasteiger partial charge in [-0.2, -0.15) is 0 Å². The molecule has 0 unspecified atom stereocenters. The minimum Gasteiger partial charge on any atom is -0.463 e. The summed E-state index contributed by atoms with van der Waals surface area (Å²) in [5.74, 6) is -0.249. The fourth-order valence-corrected chi connectivity index (χ4v) is 2.91. The van der Waals surface area contributed by atoms with Crippen LogP contribution in [-0.2, 0) is 9.47 Å². The second kappa shape index (κ2) is 7.53. The van der Waals surface area contributed by atoms with Crippen molar-refractivity contribution in [3.8, 4) is 11.3 Å². The van der Waals surface area contributed by atoms with Gasteiger partial charge >= 0.3 is 5.97 Å². The average Bonchev–Trinajstić information content (AvgIpc) is 3.11. The molecule has 0 N–H and O–H groups in total. The largest absolute Gasteiger partial charge is 0.463 e. The van der Waals surface area contributed by atoms with Crippen LogP contribution in [0.1, 0.15) is 23.7 Å². The smallest absolute Gasteiger partial charge is 0.345 e. The first-order chi connectivity index (χ1) is 12.1. The van der Waals surface area contributed by atoms with Gasteiger partial charge in [0.05, 0.1) is 12.7 Å². The van der Waals surface area contributed by atoms with Crippen molar-refractivity contribution in [2.24, 2.45) is 0 Å². The number of benzene rings is 1. The number of hydrogen-bond acceptors (Lipinski definition) is 6. The Labute approximate surface area is 146 Å². The first-order valence-electron chi connectivity index (χ1n) is 8.30. The Hall–Kier alpha value is -2.60. The summed E-state index contributed by atoms with van der Waals surface area (Å²) in [7, 11) is 1.74. The molecule has 2 aromatic rings. The number of nitrogens with zero attached hydrogens (tertiary/aromatic N) is 1. The van der Waals surface area contributed by atoms with Crippen LogP contribution in [0.2, 0.25) is 0 Å². The summed E-state index contributed by atoms with van der Waals surface area (Å²) in [6.07, 6.45) is 2.45. The SMILES string of the molecule is CCOC(=O)c1coc(-c2ccc(N3CC[C@@H](OC)C3)cc2)cc1=O. The van der Waals surface area contributed by atoms with Crippen LogP contribution in [0.25, 0.3) is 11.3 Å². The third-order valence-corrected chi connectivity index (χ3v) is 4.32. The lowest BCUT2D eigenvalue weighted by atomic mass is 10.1. The Morgan fingerprint density at radius 1 is 1.32 bits per heavy atom. The molecule has 0 aliphatic carbocycles. The second-order valence-electron chi connectivity index (χ2n) is 5.88. The highest BCUT2D eigenvalue weighted by atomic mass is 16.5. The van der Waals surface area contributed by atoms with Gasteiger partial charge in [-0.3, -0.25) is 4.79 Å². The number of rotatable bonds is 5. The fourth-order valence-electron chi connectivity index (χ4n) is 2.91. The maximum Gasteiger partial charge on any atom is 0.345 e. The standard InChI is InChI=1S/C19H21NO5/c1-3-24-19(22)16-12-25-18(10-17(16)21)13-4-6-14(7-5-13)20-9-8-15(11-20)23-2/h4-7,10,12,15H,3,8-9,11H2,1-2H3/t15-/m1/s1. The van der Waals surface area contributed by atoms with E-state index in [0.29, 0.717) is 5.76 Å². The molecule has 0 spiro atoms. The van der Waals surface area contributed by atoms with Gasteiger partial charge in [0.25, 0.3) is 0 Å². The molecule has 2 heterocycles. The van der Waals surface area contributed by atoms with Crippen molar-refractivity contribution in [2.45, 2.75) is 19.4 Å². The van der Waals surface area contributed by atoms with Gasteiger partial charge in [-0.25, -0.2) is 4.79 Å². The zero-order valence-electron chi connectivity index (χ0n) is 14.4. The number of ether oxygens (including phenoxy) is 2. The monoisotopic (exact) mass is 343 g/mol. The Kier molecular flexibility index (Phi) is 5.19. The van der Waals surface area contributed by atoms with E-state index in [0.717, 1.165) is 37.0 Å². The van der Waals surface area contributed by atoms with E-state index < -0.39 is 11.4 Å². The molecule has 1 aliphatic rings. The zero-order chi connectivity index (χ0) is 17.8. The van der Waals surface area contributed by atoms with E-state index in [1.165, 1.54) is 6.07 Å². The summed E-state index contributed by atoms with van der Waals surface area (Å²) in [5.41, 5.74) is 1.38. The number of hydrogen-bond donors (Lipinski definition) is 0. The third-order valence-electron chi connectivity index (χ3n) is 4.32. The van der Waals surface area contributed by atoms with Gasteiger partial charge in [-0.15, -0.1) is 0 Å². The van der Waals surface area contributed by atoms with Gasteiger partial charge < -0.3 is 18.8 Å². The molecule has 1 saturated heterocycles. The van der Waals surface area contributed by atoms with Gasteiger partial charge in [0.1, 0.15) is 17.6 Å². The molecular formula is C19H21NO5. The lowest BCUT2D eigenvalue weighted by molar-refractivity contribution is 0.0522. The van der Waals surface area contributed by atoms with E-state index in [2.05, 4.69) is 4.90 Å². The molecule has 6 heteroatoms. The lowest BCUT2D eigenvalue weighted by Gasteiger charge is -2.18. The molecule has 0 radical (unpaired) electrons. The van der Waals surface area contributed by atoms with Crippen LogP contribution in [0.5, 0.6) is 0 Å². The van der Waals surface area contributed by atoms with E-state index in [-0.39, 0.29) is 18.3 Å². The molecule has 0 saturated carbocycles. The average molecular weight is 343 g/mol. The van der Waals surface area contributed by atoms with E-state index in [1.807, 2.05) is 24.3 Å². The van der Waals surface area contributed by atoms with Crippen LogP contribution in [-0.4, -0.2) is 38.9 Å². The summed E-state index contributed by atoms with van der Waals surface area (Å²) >= 11 is 0. The highest BCUT2D eigenvalue weighted by Crippen LogP contribution is 2.25. The maximum atomic E-state index is 12.1. The van der Waals surface area contributed by atoms with Crippen molar-refractivity contribution in [2.75, 3.05) is 31.7 Å². The molecule has 1 fully saturated rings. The van der Waals surface area contributed by atoms with Gasteiger partial charge in [-0.1, -0.05) is 0 Å². The molecule has 1 atom stereocenters. The van der Waals surface area contributed by atoms with E-state index >= 15 is 0 Å². The van der Waals surface area contributed by atoms with E-state index in [1.54, 1.807) is 14.0 Å². The minimum atomic E-state index is -0.667. The normalized spacial score (nSPS) is 16.9. The van der Waals surface area contributed by atoms with E-state index in [4.69, 9.17) is 13.9 Å². The van der Waals surface area contributed by atoms with Crippen LogP contribution in [0, 0.1) is 0 Å². The Balaban J connectivity index is 1.77. The second-order valence-corrected chi connectivity index (χ2v) is 5.88.